The van der Waals surface area contributed by atoms with Crippen LogP contribution in [0.1, 0.15) is 6.42 Å². The summed E-state index contributed by atoms with van der Waals surface area (Å²) in [5.41, 5.74) is 0.513. The number of aliphatic hydroxyl groups is 1. The highest BCUT2D eigenvalue weighted by molar-refractivity contribution is 6.21. The first kappa shape index (κ1) is 8.90. The minimum absolute atomic E-state index is 0.117. The third-order valence-corrected chi connectivity index (χ3v) is 2.14. The molecule has 0 unspecified atom stereocenters. The Balaban J connectivity index is 2.36. The monoisotopic (exact) mass is 191 g/mol. The number of carbonyl (C=O) groups is 2. The summed E-state index contributed by atoms with van der Waals surface area (Å²) in [6.07, 6.45) is -1.30. The van der Waals surface area contributed by atoms with Gasteiger partial charge in [-0.3, -0.25) is 9.59 Å². The molecule has 0 saturated carbocycles. The Morgan fingerprint density at radius 1 is 1.21 bits per heavy atom. The van der Waals surface area contributed by atoms with Crippen LogP contribution in [0.25, 0.3) is 0 Å². The SMILES string of the molecule is O=C1C[C@H](O)C(=O)N1c1ccccc1. The fraction of sp³-hybridized carbons (Fsp3) is 0.200. The fourth-order valence-corrected chi connectivity index (χ4v) is 1.46. The fourth-order valence-electron chi connectivity index (χ4n) is 1.46. The molecule has 1 heterocycles. The summed E-state index contributed by atoms with van der Waals surface area (Å²) in [5.74, 6) is -0.894. The van der Waals surface area contributed by atoms with Crippen molar-refractivity contribution in [3.8, 4) is 0 Å². The molecule has 1 saturated heterocycles. The quantitative estimate of drug-likeness (QED) is 0.650. The van der Waals surface area contributed by atoms with Crippen LogP contribution in [0.5, 0.6) is 0 Å². The van der Waals surface area contributed by atoms with Gasteiger partial charge in [0.25, 0.3) is 5.91 Å². The molecule has 0 radical (unpaired) electrons. The van der Waals surface area contributed by atoms with E-state index in [0.717, 1.165) is 4.90 Å². The molecule has 1 aromatic carbocycles. The molecule has 2 rings (SSSR count). The topological polar surface area (TPSA) is 57.6 Å². The number of carbonyl (C=O) groups excluding carboxylic acids is 2. The molecule has 2 amide bonds. The average molecular weight is 191 g/mol. The van der Waals surface area contributed by atoms with Crippen molar-refractivity contribution in [3.05, 3.63) is 30.3 Å². The zero-order valence-electron chi connectivity index (χ0n) is 7.38. The van der Waals surface area contributed by atoms with Gasteiger partial charge in [0.1, 0.15) is 6.10 Å². The zero-order valence-corrected chi connectivity index (χ0v) is 7.38. The van der Waals surface area contributed by atoms with Crippen LogP contribution in [-0.2, 0) is 9.59 Å². The third-order valence-electron chi connectivity index (χ3n) is 2.14. The van der Waals surface area contributed by atoms with Crippen molar-refractivity contribution in [2.24, 2.45) is 0 Å². The molecule has 1 N–H and O–H groups in total. The zero-order chi connectivity index (χ0) is 10.1. The largest absolute Gasteiger partial charge is 0.383 e. The van der Waals surface area contributed by atoms with Crippen LogP contribution in [0, 0.1) is 0 Å². The maximum Gasteiger partial charge on any atom is 0.263 e. The first-order chi connectivity index (χ1) is 6.70. The van der Waals surface area contributed by atoms with Crippen LogP contribution in [0.2, 0.25) is 0 Å². The molecule has 4 heteroatoms. The van der Waals surface area contributed by atoms with Crippen LogP contribution >= 0.6 is 0 Å². The molecule has 1 fully saturated rings. The van der Waals surface area contributed by atoms with E-state index >= 15 is 0 Å². The van der Waals surface area contributed by atoms with E-state index in [-0.39, 0.29) is 12.3 Å². The number of amides is 2. The van der Waals surface area contributed by atoms with Crippen LogP contribution in [-0.4, -0.2) is 23.0 Å². The second-order valence-electron chi connectivity index (χ2n) is 3.12. The molecule has 0 aromatic heterocycles. The summed E-state index contributed by atoms with van der Waals surface area (Å²) in [6, 6.07) is 8.59. The van der Waals surface area contributed by atoms with Gasteiger partial charge in [0, 0.05) is 0 Å². The van der Waals surface area contributed by atoms with Gasteiger partial charge in [-0.1, -0.05) is 18.2 Å². The van der Waals surface area contributed by atoms with E-state index in [1.807, 2.05) is 0 Å². The normalized spacial score (nSPS) is 21.8. The first-order valence-electron chi connectivity index (χ1n) is 4.30. The van der Waals surface area contributed by atoms with Crippen molar-refractivity contribution in [1.82, 2.24) is 0 Å². The molecule has 0 aliphatic carbocycles. The maximum absolute atomic E-state index is 11.4. The van der Waals surface area contributed by atoms with Crippen LogP contribution in [0.4, 0.5) is 5.69 Å². The van der Waals surface area contributed by atoms with Crippen molar-refractivity contribution in [3.63, 3.8) is 0 Å². The molecular formula is C10H9NO3. The Bertz CT molecular complexity index is 374. The average Bonchev–Trinajstić information content (AvgIpc) is 2.43. The summed E-state index contributed by atoms with van der Waals surface area (Å²) in [6.45, 7) is 0. The lowest BCUT2D eigenvalue weighted by Gasteiger charge is -2.13. The highest BCUT2D eigenvalue weighted by atomic mass is 16.3. The van der Waals surface area contributed by atoms with Gasteiger partial charge in [-0.25, -0.2) is 4.90 Å². The van der Waals surface area contributed by atoms with Crippen molar-refractivity contribution in [1.29, 1.82) is 0 Å². The second kappa shape index (κ2) is 3.23. The Labute approximate surface area is 80.8 Å². The van der Waals surface area contributed by atoms with E-state index in [4.69, 9.17) is 0 Å². The minimum atomic E-state index is -1.18. The summed E-state index contributed by atoms with van der Waals surface area (Å²) in [7, 11) is 0. The van der Waals surface area contributed by atoms with Crippen molar-refractivity contribution < 1.29 is 14.7 Å². The molecule has 1 aliphatic rings. The molecule has 1 atom stereocenters. The standard InChI is InChI=1S/C10H9NO3/c12-8-6-9(13)11(10(8)14)7-4-2-1-3-5-7/h1-5,8,12H,6H2/t8-/m0/s1. The number of benzene rings is 1. The molecule has 14 heavy (non-hydrogen) atoms. The number of imide groups is 1. The van der Waals surface area contributed by atoms with Gasteiger partial charge >= 0.3 is 0 Å². The highest BCUT2D eigenvalue weighted by Gasteiger charge is 2.38. The lowest BCUT2D eigenvalue weighted by atomic mass is 10.3. The number of hydrogen-bond acceptors (Lipinski definition) is 3. The smallest absolute Gasteiger partial charge is 0.263 e. The lowest BCUT2D eigenvalue weighted by molar-refractivity contribution is -0.124. The predicted octanol–water partition coefficient (Wildman–Crippen LogP) is 0.311. The molecule has 1 aliphatic heterocycles. The van der Waals surface area contributed by atoms with Gasteiger partial charge in [-0.2, -0.15) is 0 Å². The Hall–Kier alpha value is -1.68. The Kier molecular flexibility index (Phi) is 2.05. The third kappa shape index (κ3) is 1.29. The van der Waals surface area contributed by atoms with E-state index in [9.17, 15) is 14.7 Å². The summed E-state index contributed by atoms with van der Waals surface area (Å²) in [5, 5.41) is 9.19. The lowest BCUT2D eigenvalue weighted by Crippen LogP contribution is -2.31. The molecule has 1 aromatic rings. The molecule has 4 nitrogen and oxygen atoms in total. The number of para-hydroxylation sites is 1. The Morgan fingerprint density at radius 2 is 1.86 bits per heavy atom. The van der Waals surface area contributed by atoms with E-state index in [1.165, 1.54) is 0 Å². The summed E-state index contributed by atoms with van der Waals surface area (Å²) in [4.78, 5) is 23.7. The van der Waals surface area contributed by atoms with Crippen molar-refractivity contribution >= 4 is 17.5 Å². The van der Waals surface area contributed by atoms with Gasteiger partial charge in [0.15, 0.2) is 0 Å². The summed E-state index contributed by atoms with van der Waals surface area (Å²) >= 11 is 0. The first-order valence-corrected chi connectivity index (χ1v) is 4.30. The van der Waals surface area contributed by atoms with Crippen LogP contribution in [0.3, 0.4) is 0 Å². The molecule has 0 bridgehead atoms. The van der Waals surface area contributed by atoms with Gasteiger partial charge in [-0.05, 0) is 12.1 Å². The van der Waals surface area contributed by atoms with E-state index in [2.05, 4.69) is 0 Å². The number of rotatable bonds is 1. The van der Waals surface area contributed by atoms with Crippen molar-refractivity contribution in [2.45, 2.75) is 12.5 Å². The van der Waals surface area contributed by atoms with Gasteiger partial charge < -0.3 is 5.11 Å². The number of aliphatic hydroxyl groups excluding tert-OH is 1. The molecule has 0 spiro atoms. The van der Waals surface area contributed by atoms with E-state index in [0.29, 0.717) is 5.69 Å². The number of anilines is 1. The number of nitrogens with zero attached hydrogens (tertiary/aromatic N) is 1. The second-order valence-corrected chi connectivity index (χ2v) is 3.12. The van der Waals surface area contributed by atoms with Gasteiger partial charge in [0.2, 0.25) is 5.91 Å². The minimum Gasteiger partial charge on any atom is -0.383 e. The number of hydrogen-bond donors (Lipinski definition) is 1. The van der Waals surface area contributed by atoms with E-state index < -0.39 is 12.0 Å². The highest BCUT2D eigenvalue weighted by Crippen LogP contribution is 2.21. The van der Waals surface area contributed by atoms with Crippen LogP contribution in [0.15, 0.2) is 30.3 Å². The van der Waals surface area contributed by atoms with Gasteiger partial charge in [0.05, 0.1) is 12.1 Å². The van der Waals surface area contributed by atoms with Crippen molar-refractivity contribution in [2.75, 3.05) is 4.90 Å². The van der Waals surface area contributed by atoms with E-state index in [1.54, 1.807) is 30.3 Å². The molecular weight excluding hydrogens is 182 g/mol. The molecule has 72 valence electrons. The predicted molar refractivity (Wildman–Crippen MR) is 49.6 cm³/mol. The van der Waals surface area contributed by atoms with Gasteiger partial charge in [-0.15, -0.1) is 0 Å². The van der Waals surface area contributed by atoms with Crippen LogP contribution < -0.4 is 4.90 Å². The summed E-state index contributed by atoms with van der Waals surface area (Å²) < 4.78 is 0. The Morgan fingerprint density at radius 3 is 2.36 bits per heavy atom. The maximum atomic E-state index is 11.4.